The topological polar surface area (TPSA) is 46.2 Å². The molecule has 1 N–H and O–H groups in total. The average molecular weight is 275 g/mol. The molecule has 17 heavy (non-hydrogen) atoms. The van der Waals surface area contributed by atoms with Gasteiger partial charge in [0, 0.05) is 17.7 Å². The van der Waals surface area contributed by atoms with Gasteiger partial charge in [0.25, 0.3) is 0 Å². The average Bonchev–Trinajstić information content (AvgIpc) is 2.42. The fraction of sp³-hybridized carbons (Fsp3) is 0.833. The predicted octanol–water partition coefficient (Wildman–Crippen LogP) is 2.30. The summed E-state index contributed by atoms with van der Waals surface area (Å²) in [7, 11) is 0. The van der Waals surface area contributed by atoms with Gasteiger partial charge in [-0.2, -0.15) is 0 Å². The van der Waals surface area contributed by atoms with E-state index in [9.17, 15) is 9.59 Å². The van der Waals surface area contributed by atoms with Crippen LogP contribution in [0.2, 0.25) is 0 Å². The molecule has 98 valence electrons. The second-order valence-corrected chi connectivity index (χ2v) is 7.58. The molecule has 1 heterocycles. The molecule has 1 unspecified atom stereocenters. The van der Waals surface area contributed by atoms with Crippen LogP contribution < -0.4 is 5.32 Å². The zero-order valence-corrected chi connectivity index (χ0v) is 12.4. The van der Waals surface area contributed by atoms with Crippen molar-refractivity contribution >= 4 is 34.5 Å². The number of carbonyl (C=O) groups excluding carboxylic acids is 2. The summed E-state index contributed by atoms with van der Waals surface area (Å²) >= 11 is 3.17. The Morgan fingerprint density at radius 1 is 1.41 bits per heavy atom. The van der Waals surface area contributed by atoms with Gasteiger partial charge in [0.1, 0.15) is 0 Å². The summed E-state index contributed by atoms with van der Waals surface area (Å²) in [6.45, 7) is 6.28. The van der Waals surface area contributed by atoms with Crippen LogP contribution in [0.4, 0.5) is 0 Å². The molecule has 1 saturated heterocycles. The van der Waals surface area contributed by atoms with Crippen molar-refractivity contribution < 1.29 is 9.59 Å². The Kier molecular flexibility index (Phi) is 5.86. The lowest BCUT2D eigenvalue weighted by atomic mass is 9.96. The maximum atomic E-state index is 11.7. The third-order valence-corrected chi connectivity index (χ3v) is 5.08. The number of hydrogen-bond donors (Lipinski definition) is 1. The lowest BCUT2D eigenvalue weighted by Gasteiger charge is -2.19. The standard InChI is InChI=1S/C12H21NO2S2/c1-12(2,3)11(15)13-6-5-9-10(14)17-8-4-7-16-9/h9H,4-8H2,1-3H3,(H,13,15). The van der Waals surface area contributed by atoms with Crippen molar-refractivity contribution in [1.82, 2.24) is 5.32 Å². The highest BCUT2D eigenvalue weighted by molar-refractivity contribution is 8.16. The summed E-state index contributed by atoms with van der Waals surface area (Å²) in [5, 5.41) is 3.23. The summed E-state index contributed by atoms with van der Waals surface area (Å²) in [4.78, 5) is 23.4. The number of hydrogen-bond acceptors (Lipinski definition) is 4. The maximum Gasteiger partial charge on any atom is 0.225 e. The number of rotatable bonds is 3. The molecule has 0 spiro atoms. The van der Waals surface area contributed by atoms with Gasteiger partial charge in [-0.25, -0.2) is 0 Å². The van der Waals surface area contributed by atoms with E-state index in [0.717, 1.165) is 24.3 Å². The SMILES string of the molecule is CC(C)(C)C(=O)NCCC1SCCCSC1=O. The molecule has 0 aromatic heterocycles. The van der Waals surface area contributed by atoms with Crippen LogP contribution in [0.3, 0.4) is 0 Å². The number of carbonyl (C=O) groups is 2. The molecule has 3 nitrogen and oxygen atoms in total. The molecule has 0 bridgehead atoms. The van der Waals surface area contributed by atoms with Gasteiger partial charge >= 0.3 is 0 Å². The van der Waals surface area contributed by atoms with Gasteiger partial charge in [0.2, 0.25) is 11.0 Å². The number of amides is 1. The van der Waals surface area contributed by atoms with Crippen molar-refractivity contribution in [2.75, 3.05) is 18.1 Å². The minimum absolute atomic E-state index is 0.0521. The van der Waals surface area contributed by atoms with Crippen molar-refractivity contribution in [2.45, 2.75) is 38.9 Å². The third-order valence-electron chi connectivity index (χ3n) is 2.49. The Labute approximate surface area is 112 Å². The predicted molar refractivity (Wildman–Crippen MR) is 75.4 cm³/mol. The molecule has 5 heteroatoms. The first-order valence-electron chi connectivity index (χ1n) is 5.98. The Morgan fingerprint density at radius 2 is 2.12 bits per heavy atom. The highest BCUT2D eigenvalue weighted by atomic mass is 32.2. The van der Waals surface area contributed by atoms with Crippen molar-refractivity contribution in [3.63, 3.8) is 0 Å². The second-order valence-electron chi connectivity index (χ2n) is 5.18. The minimum atomic E-state index is -0.352. The van der Waals surface area contributed by atoms with Crippen LogP contribution in [0, 0.1) is 5.41 Å². The van der Waals surface area contributed by atoms with Gasteiger partial charge in [0.15, 0.2) is 0 Å². The Hall–Kier alpha value is -0.160. The zero-order chi connectivity index (χ0) is 12.9. The molecule has 1 aliphatic heterocycles. The monoisotopic (exact) mass is 275 g/mol. The molecule has 0 aliphatic carbocycles. The van der Waals surface area contributed by atoms with Crippen LogP contribution >= 0.6 is 23.5 Å². The quantitative estimate of drug-likeness (QED) is 0.858. The first-order chi connectivity index (χ1) is 7.91. The molecule has 1 amide bonds. The van der Waals surface area contributed by atoms with E-state index in [-0.39, 0.29) is 21.7 Å². The van der Waals surface area contributed by atoms with Gasteiger partial charge in [0.05, 0.1) is 5.25 Å². The van der Waals surface area contributed by atoms with Gasteiger partial charge in [-0.1, -0.05) is 32.5 Å². The normalized spacial score (nSPS) is 22.1. The molecule has 1 atom stereocenters. The molecule has 1 aliphatic rings. The summed E-state index contributed by atoms with van der Waals surface area (Å²) in [5.41, 5.74) is -0.352. The van der Waals surface area contributed by atoms with E-state index in [1.54, 1.807) is 11.8 Å². The Morgan fingerprint density at radius 3 is 2.76 bits per heavy atom. The summed E-state index contributed by atoms with van der Waals surface area (Å²) in [6.07, 6.45) is 1.85. The van der Waals surface area contributed by atoms with Crippen LogP contribution in [0.25, 0.3) is 0 Å². The Balaban J connectivity index is 2.30. The summed E-state index contributed by atoms with van der Waals surface area (Å²) < 4.78 is 0. The van der Waals surface area contributed by atoms with Crippen LogP contribution in [0.1, 0.15) is 33.6 Å². The molecule has 0 radical (unpaired) electrons. The Bertz CT molecular complexity index is 287. The molecule has 1 rings (SSSR count). The molecule has 1 fully saturated rings. The van der Waals surface area contributed by atoms with Gasteiger partial charge in [-0.05, 0) is 18.6 Å². The lowest BCUT2D eigenvalue weighted by molar-refractivity contribution is -0.128. The largest absolute Gasteiger partial charge is 0.356 e. The van der Waals surface area contributed by atoms with Crippen LogP contribution in [0.5, 0.6) is 0 Å². The third kappa shape index (κ3) is 5.34. The van der Waals surface area contributed by atoms with E-state index in [1.165, 1.54) is 11.8 Å². The van der Waals surface area contributed by atoms with E-state index in [0.29, 0.717) is 6.54 Å². The summed E-state index contributed by atoms with van der Waals surface area (Å²) in [6, 6.07) is 0. The van der Waals surface area contributed by atoms with E-state index in [4.69, 9.17) is 0 Å². The lowest BCUT2D eigenvalue weighted by Crippen LogP contribution is -2.36. The first kappa shape index (κ1) is 14.9. The van der Waals surface area contributed by atoms with Crippen LogP contribution in [0.15, 0.2) is 0 Å². The van der Waals surface area contributed by atoms with Crippen molar-refractivity contribution in [1.29, 1.82) is 0 Å². The highest BCUT2D eigenvalue weighted by Crippen LogP contribution is 2.26. The molecule has 0 aromatic rings. The minimum Gasteiger partial charge on any atom is -0.356 e. The summed E-state index contributed by atoms with van der Waals surface area (Å²) in [5.74, 6) is 2.05. The number of thioether (sulfide) groups is 2. The molecule has 0 saturated carbocycles. The number of nitrogens with one attached hydrogen (secondary N) is 1. The van der Waals surface area contributed by atoms with Crippen molar-refractivity contribution in [3.8, 4) is 0 Å². The smallest absolute Gasteiger partial charge is 0.225 e. The van der Waals surface area contributed by atoms with E-state index in [1.807, 2.05) is 20.8 Å². The van der Waals surface area contributed by atoms with E-state index in [2.05, 4.69) is 5.32 Å². The first-order valence-corrected chi connectivity index (χ1v) is 8.01. The van der Waals surface area contributed by atoms with Gasteiger partial charge < -0.3 is 5.32 Å². The van der Waals surface area contributed by atoms with Crippen LogP contribution in [-0.2, 0) is 9.59 Å². The molecular formula is C12H21NO2S2. The fourth-order valence-corrected chi connectivity index (χ4v) is 3.80. The maximum absolute atomic E-state index is 11.7. The van der Waals surface area contributed by atoms with Crippen molar-refractivity contribution in [3.05, 3.63) is 0 Å². The molecular weight excluding hydrogens is 254 g/mol. The van der Waals surface area contributed by atoms with Gasteiger partial charge in [-0.3, -0.25) is 9.59 Å². The van der Waals surface area contributed by atoms with Gasteiger partial charge in [-0.15, -0.1) is 11.8 Å². The van der Waals surface area contributed by atoms with E-state index >= 15 is 0 Å². The van der Waals surface area contributed by atoms with E-state index < -0.39 is 0 Å². The fourth-order valence-electron chi connectivity index (χ4n) is 1.40. The highest BCUT2D eigenvalue weighted by Gasteiger charge is 2.24. The zero-order valence-electron chi connectivity index (χ0n) is 10.7. The second kappa shape index (κ2) is 6.69. The van der Waals surface area contributed by atoms with Crippen LogP contribution in [-0.4, -0.2) is 34.3 Å². The molecule has 0 aromatic carbocycles. The van der Waals surface area contributed by atoms with Crippen molar-refractivity contribution in [2.24, 2.45) is 5.41 Å².